The molecule has 0 spiro atoms. The Morgan fingerprint density at radius 3 is 1.32 bits per heavy atom. The first-order valence-electron chi connectivity index (χ1n) is 23.9. The summed E-state index contributed by atoms with van der Waals surface area (Å²) >= 11 is 0. The predicted molar refractivity (Wildman–Crippen MR) is 236 cm³/mol. The lowest BCUT2D eigenvalue weighted by atomic mass is 10.0. The lowest BCUT2D eigenvalue weighted by Gasteiger charge is -2.34. The van der Waals surface area contributed by atoms with Gasteiger partial charge in [-0.3, -0.25) is 9.59 Å². The van der Waals surface area contributed by atoms with Crippen molar-refractivity contribution in [1.29, 1.82) is 0 Å². The van der Waals surface area contributed by atoms with Gasteiger partial charge in [-0.1, -0.05) is 167 Å². The van der Waals surface area contributed by atoms with Crippen LogP contribution >= 0.6 is 0 Å². The molecule has 0 aliphatic heterocycles. The summed E-state index contributed by atoms with van der Waals surface area (Å²) in [5.41, 5.74) is 0. The van der Waals surface area contributed by atoms with E-state index < -0.39 is 18.1 Å². The first-order chi connectivity index (χ1) is 27.6. The molecule has 0 heterocycles. The summed E-state index contributed by atoms with van der Waals surface area (Å²) in [6.45, 7) is 4.63. The second-order valence-corrected chi connectivity index (χ2v) is 17.3. The summed E-state index contributed by atoms with van der Waals surface area (Å²) in [6.07, 6.45) is 45.0. The Labute approximate surface area is 351 Å². The van der Waals surface area contributed by atoms with Gasteiger partial charge in [0.15, 0.2) is 6.10 Å². The van der Waals surface area contributed by atoms with Gasteiger partial charge in [-0.2, -0.15) is 0 Å². The first kappa shape index (κ1) is 54.8. The molecule has 0 amide bonds. The van der Waals surface area contributed by atoms with Crippen LogP contribution in [0.25, 0.3) is 0 Å². The van der Waals surface area contributed by atoms with E-state index in [1.165, 1.54) is 135 Å². The highest BCUT2D eigenvalue weighted by atomic mass is 16.6. The van der Waals surface area contributed by atoms with Crippen molar-refractivity contribution >= 4 is 17.9 Å². The summed E-state index contributed by atoms with van der Waals surface area (Å²) in [6, 6.07) is -0.725. The zero-order chi connectivity index (χ0) is 42.1. The number of carbonyl (C=O) groups is 3. The van der Waals surface area contributed by atoms with Crippen LogP contribution in [0.5, 0.6) is 0 Å². The van der Waals surface area contributed by atoms with Crippen molar-refractivity contribution in [2.75, 3.05) is 41.0 Å². The van der Waals surface area contributed by atoms with Crippen molar-refractivity contribution in [2.45, 2.75) is 231 Å². The second-order valence-electron chi connectivity index (χ2n) is 17.3. The van der Waals surface area contributed by atoms with Crippen molar-refractivity contribution in [3.05, 3.63) is 24.3 Å². The summed E-state index contributed by atoms with van der Waals surface area (Å²) < 4.78 is 17.2. The van der Waals surface area contributed by atoms with Crippen LogP contribution in [0.2, 0.25) is 0 Å². The number of esters is 2. The molecule has 0 rings (SSSR count). The van der Waals surface area contributed by atoms with Crippen molar-refractivity contribution < 1.29 is 38.2 Å². The monoisotopic (exact) mass is 806 g/mol. The average molecular weight is 806 g/mol. The molecule has 2 unspecified atom stereocenters. The molecule has 0 aromatic carbocycles. The topological polar surface area (TPSA) is 102 Å². The number of aliphatic carboxylic acids is 1. The van der Waals surface area contributed by atoms with Crippen LogP contribution in [0.3, 0.4) is 0 Å². The number of quaternary nitrogens is 1. The Morgan fingerprint density at radius 2 is 0.895 bits per heavy atom. The number of unbranched alkanes of at least 4 members (excludes halogenated alkanes) is 25. The molecule has 0 radical (unpaired) electrons. The third-order valence-corrected chi connectivity index (χ3v) is 10.8. The number of ether oxygens (including phenoxy) is 3. The maximum absolute atomic E-state index is 12.7. The predicted octanol–water partition coefficient (Wildman–Crippen LogP) is 11.9. The quantitative estimate of drug-likeness (QED) is 0.0262. The van der Waals surface area contributed by atoms with Gasteiger partial charge in [0.05, 0.1) is 40.3 Å². The van der Waals surface area contributed by atoms with Gasteiger partial charge < -0.3 is 28.6 Å². The van der Waals surface area contributed by atoms with Crippen LogP contribution in [-0.2, 0) is 28.6 Å². The molecule has 0 aromatic heterocycles. The van der Waals surface area contributed by atoms with E-state index in [1.54, 1.807) is 21.1 Å². The lowest BCUT2D eigenvalue weighted by molar-refractivity contribution is -0.889. The number of nitrogens with zero attached hydrogens (tertiary/aromatic N) is 1. The molecule has 334 valence electrons. The lowest BCUT2D eigenvalue weighted by Crippen LogP contribution is -2.55. The maximum Gasteiger partial charge on any atom is 0.306 e. The number of likely N-dealkylation sites (N-methyl/N-ethyl adjacent to an activating group) is 1. The molecule has 0 saturated heterocycles. The Hall–Kier alpha value is -2.19. The van der Waals surface area contributed by atoms with Gasteiger partial charge in [0.1, 0.15) is 12.6 Å². The Kier molecular flexibility index (Phi) is 39.0. The summed E-state index contributed by atoms with van der Waals surface area (Å²) in [7, 11) is 5.41. The molecular weight excluding hydrogens is 715 g/mol. The molecule has 0 bridgehead atoms. The summed E-state index contributed by atoms with van der Waals surface area (Å²) in [5, 5.41) is 11.6. The average Bonchev–Trinajstić information content (AvgIpc) is 3.17. The van der Waals surface area contributed by atoms with Crippen LogP contribution in [0.15, 0.2) is 24.3 Å². The molecule has 57 heavy (non-hydrogen) atoms. The highest BCUT2D eigenvalue weighted by molar-refractivity contribution is 5.70. The van der Waals surface area contributed by atoms with Gasteiger partial charge in [-0.25, -0.2) is 0 Å². The minimum Gasteiger partial charge on any atom is -0.544 e. The third-order valence-electron chi connectivity index (χ3n) is 10.8. The normalized spacial score (nSPS) is 13.1. The van der Waals surface area contributed by atoms with Gasteiger partial charge in [-0.05, 0) is 57.8 Å². The van der Waals surface area contributed by atoms with E-state index in [0.29, 0.717) is 12.8 Å². The van der Waals surface area contributed by atoms with E-state index in [1.807, 2.05) is 0 Å². The molecular formula is C49H91NO7. The highest BCUT2D eigenvalue weighted by Gasteiger charge is 2.25. The van der Waals surface area contributed by atoms with E-state index >= 15 is 0 Å². The van der Waals surface area contributed by atoms with Crippen LogP contribution in [0, 0.1) is 0 Å². The zero-order valence-electron chi connectivity index (χ0n) is 38.0. The van der Waals surface area contributed by atoms with Gasteiger partial charge >= 0.3 is 11.9 Å². The molecule has 0 N–H and O–H groups in total. The van der Waals surface area contributed by atoms with E-state index in [9.17, 15) is 19.5 Å². The molecule has 8 heteroatoms. The van der Waals surface area contributed by atoms with Crippen LogP contribution in [0.4, 0.5) is 0 Å². The Balaban J connectivity index is 4.22. The largest absolute Gasteiger partial charge is 0.544 e. The highest BCUT2D eigenvalue weighted by Crippen LogP contribution is 2.15. The molecule has 0 saturated carbocycles. The number of carbonyl (C=O) groups excluding carboxylic acids is 3. The fourth-order valence-electron chi connectivity index (χ4n) is 7.05. The molecule has 0 aliphatic rings. The van der Waals surface area contributed by atoms with E-state index in [0.717, 1.165) is 51.4 Å². The van der Waals surface area contributed by atoms with Gasteiger partial charge in [0, 0.05) is 19.3 Å². The zero-order valence-corrected chi connectivity index (χ0v) is 38.0. The van der Waals surface area contributed by atoms with Gasteiger partial charge in [-0.15, -0.1) is 0 Å². The van der Waals surface area contributed by atoms with Gasteiger partial charge in [0.25, 0.3) is 0 Å². The van der Waals surface area contributed by atoms with E-state index in [-0.39, 0.29) is 42.7 Å². The van der Waals surface area contributed by atoms with Crippen LogP contribution < -0.4 is 5.11 Å². The first-order valence-corrected chi connectivity index (χ1v) is 23.9. The molecule has 2 atom stereocenters. The Morgan fingerprint density at radius 1 is 0.509 bits per heavy atom. The Bertz CT molecular complexity index is 989. The molecule has 8 nitrogen and oxygen atoms in total. The fourth-order valence-corrected chi connectivity index (χ4v) is 7.05. The molecule has 0 aromatic rings. The van der Waals surface area contributed by atoms with E-state index in [2.05, 4.69) is 38.2 Å². The number of carboxylic acid groups (broad SMARTS) is 1. The number of hydrogen-bond acceptors (Lipinski definition) is 7. The number of allylic oxidation sites excluding steroid dienone is 4. The van der Waals surface area contributed by atoms with Crippen molar-refractivity contribution in [1.82, 2.24) is 0 Å². The number of hydrogen-bond donors (Lipinski definition) is 0. The number of carboxylic acids is 1. The van der Waals surface area contributed by atoms with Crippen LogP contribution in [-0.4, -0.2) is 75.5 Å². The fraction of sp³-hybridized carbons (Fsp3) is 0.857. The van der Waals surface area contributed by atoms with Gasteiger partial charge in [0.2, 0.25) is 0 Å². The van der Waals surface area contributed by atoms with Crippen molar-refractivity contribution in [3.63, 3.8) is 0 Å². The minimum absolute atomic E-state index is 0.0391. The molecule has 0 aliphatic carbocycles. The summed E-state index contributed by atoms with van der Waals surface area (Å²) in [5.74, 6) is -1.74. The van der Waals surface area contributed by atoms with Crippen LogP contribution in [0.1, 0.15) is 219 Å². The minimum atomic E-state index is -1.13. The van der Waals surface area contributed by atoms with Crippen molar-refractivity contribution in [2.24, 2.45) is 0 Å². The van der Waals surface area contributed by atoms with Crippen molar-refractivity contribution in [3.8, 4) is 0 Å². The smallest absolute Gasteiger partial charge is 0.306 e. The maximum atomic E-state index is 12.7. The number of rotatable bonds is 43. The SMILES string of the molecule is CCCC/C=C/CCCCCCCC(=O)OCC(COCCC(C(=O)[O-])[N+](C)(C)C)OC(=O)CCCCCCCCC/C=C/CCCCCCCCCCCCC. The molecule has 0 fully saturated rings. The third kappa shape index (κ3) is 39.1. The standard InChI is InChI=1S/C49H91NO7/c1-6-8-10-12-14-16-18-19-20-21-22-23-24-25-26-27-28-30-32-34-36-38-40-48(52)57-45(43-55-42-41-46(49(53)54)50(3,4)5)44-56-47(51)39-37-35-33-31-29-17-15-13-11-9-7-2/h13,15,24-25,45-46H,6-12,14,16-23,26-44H2,1-5H3/b15-13+,25-24+. The summed E-state index contributed by atoms with van der Waals surface area (Å²) in [4.78, 5) is 36.8. The van der Waals surface area contributed by atoms with E-state index in [4.69, 9.17) is 14.2 Å². The second kappa shape index (κ2) is 40.6.